The van der Waals surface area contributed by atoms with Crippen LogP contribution in [0.3, 0.4) is 0 Å². The molecular formula is C18H30N2O. The zero-order valence-electron chi connectivity index (χ0n) is 13.5. The topological polar surface area (TPSA) is 35.5 Å². The smallest absolute Gasteiger partial charge is 0.0584 e. The molecule has 2 atom stereocenters. The molecule has 1 aliphatic heterocycles. The molecule has 0 spiro atoms. The standard InChI is InChI=1S/C18H30N2O/c1-15(2)11-18(14-21)19-17-9-6-10-20(13-17)12-16-7-4-3-5-8-16/h3-5,7-8,15,17-19,21H,6,9-14H2,1-2H3. The highest BCUT2D eigenvalue weighted by Crippen LogP contribution is 2.15. The van der Waals surface area contributed by atoms with Crippen LogP contribution in [0, 0.1) is 5.92 Å². The molecule has 1 heterocycles. The minimum absolute atomic E-state index is 0.242. The Morgan fingerprint density at radius 1 is 1.29 bits per heavy atom. The van der Waals surface area contributed by atoms with Crippen molar-refractivity contribution in [3.63, 3.8) is 0 Å². The van der Waals surface area contributed by atoms with Crippen LogP contribution >= 0.6 is 0 Å². The van der Waals surface area contributed by atoms with Crippen LogP contribution in [-0.2, 0) is 6.54 Å². The van der Waals surface area contributed by atoms with Gasteiger partial charge in [-0.2, -0.15) is 0 Å². The van der Waals surface area contributed by atoms with Crippen molar-refractivity contribution in [2.75, 3.05) is 19.7 Å². The van der Waals surface area contributed by atoms with Crippen molar-refractivity contribution in [3.8, 4) is 0 Å². The lowest BCUT2D eigenvalue weighted by Crippen LogP contribution is -2.50. The number of likely N-dealkylation sites (tertiary alicyclic amines) is 1. The second kappa shape index (κ2) is 8.52. The number of nitrogens with one attached hydrogen (secondary N) is 1. The number of hydrogen-bond donors (Lipinski definition) is 2. The summed E-state index contributed by atoms with van der Waals surface area (Å²) >= 11 is 0. The zero-order valence-corrected chi connectivity index (χ0v) is 13.5. The molecule has 1 aromatic rings. The lowest BCUT2D eigenvalue weighted by Gasteiger charge is -2.35. The summed E-state index contributed by atoms with van der Waals surface area (Å²) < 4.78 is 0. The number of benzene rings is 1. The molecule has 0 aromatic heterocycles. The summed E-state index contributed by atoms with van der Waals surface area (Å²) in [4.78, 5) is 2.53. The quantitative estimate of drug-likeness (QED) is 0.810. The van der Waals surface area contributed by atoms with Gasteiger partial charge < -0.3 is 10.4 Å². The summed E-state index contributed by atoms with van der Waals surface area (Å²) in [5, 5.41) is 13.2. The van der Waals surface area contributed by atoms with Crippen molar-refractivity contribution < 1.29 is 5.11 Å². The van der Waals surface area contributed by atoms with E-state index in [1.54, 1.807) is 0 Å². The van der Waals surface area contributed by atoms with Gasteiger partial charge in [0, 0.05) is 25.2 Å². The van der Waals surface area contributed by atoms with Crippen molar-refractivity contribution in [1.82, 2.24) is 10.2 Å². The Kier molecular flexibility index (Phi) is 6.68. The highest BCUT2D eigenvalue weighted by atomic mass is 16.3. The lowest BCUT2D eigenvalue weighted by molar-refractivity contribution is 0.151. The highest BCUT2D eigenvalue weighted by Gasteiger charge is 2.22. The number of nitrogens with zero attached hydrogens (tertiary/aromatic N) is 1. The van der Waals surface area contributed by atoms with Gasteiger partial charge >= 0.3 is 0 Å². The molecule has 21 heavy (non-hydrogen) atoms. The summed E-state index contributed by atoms with van der Waals surface area (Å²) in [5.41, 5.74) is 1.39. The van der Waals surface area contributed by atoms with Gasteiger partial charge in [-0.05, 0) is 37.3 Å². The van der Waals surface area contributed by atoms with Crippen LogP contribution in [0.2, 0.25) is 0 Å². The van der Waals surface area contributed by atoms with Gasteiger partial charge in [-0.1, -0.05) is 44.2 Å². The number of hydrogen-bond acceptors (Lipinski definition) is 3. The van der Waals surface area contributed by atoms with Gasteiger partial charge in [0.15, 0.2) is 0 Å². The number of aliphatic hydroxyl groups excluding tert-OH is 1. The van der Waals surface area contributed by atoms with Crippen molar-refractivity contribution in [2.45, 2.75) is 51.7 Å². The van der Waals surface area contributed by atoms with E-state index in [1.165, 1.54) is 24.9 Å². The average molecular weight is 290 g/mol. The predicted molar refractivity (Wildman–Crippen MR) is 88.2 cm³/mol. The number of rotatable bonds is 7. The van der Waals surface area contributed by atoms with E-state index in [-0.39, 0.29) is 12.6 Å². The Morgan fingerprint density at radius 3 is 2.71 bits per heavy atom. The third-order valence-corrected chi connectivity index (χ3v) is 4.20. The van der Waals surface area contributed by atoms with E-state index in [0.29, 0.717) is 12.0 Å². The van der Waals surface area contributed by atoms with Gasteiger partial charge in [0.1, 0.15) is 0 Å². The summed E-state index contributed by atoms with van der Waals surface area (Å²) in [6, 6.07) is 11.4. The van der Waals surface area contributed by atoms with Gasteiger partial charge in [0.05, 0.1) is 6.61 Å². The van der Waals surface area contributed by atoms with Crippen LogP contribution in [0.1, 0.15) is 38.7 Å². The van der Waals surface area contributed by atoms with Crippen LogP contribution < -0.4 is 5.32 Å². The molecule has 0 amide bonds. The average Bonchev–Trinajstić information content (AvgIpc) is 2.47. The van der Waals surface area contributed by atoms with Gasteiger partial charge in [0.2, 0.25) is 0 Å². The third kappa shape index (κ3) is 5.77. The van der Waals surface area contributed by atoms with Gasteiger partial charge in [-0.25, -0.2) is 0 Å². The van der Waals surface area contributed by atoms with Crippen molar-refractivity contribution >= 4 is 0 Å². The normalized spacial score (nSPS) is 21.6. The Balaban J connectivity index is 1.82. The predicted octanol–water partition coefficient (Wildman–Crippen LogP) is 2.65. The SMILES string of the molecule is CC(C)CC(CO)NC1CCCN(Cc2ccccc2)C1. The molecule has 0 saturated carbocycles. The molecule has 1 aliphatic rings. The van der Waals surface area contributed by atoms with Crippen LogP contribution in [0.25, 0.3) is 0 Å². The molecule has 1 saturated heterocycles. The Bertz CT molecular complexity index is 393. The molecule has 0 bridgehead atoms. The van der Waals surface area contributed by atoms with E-state index in [9.17, 15) is 5.11 Å². The highest BCUT2D eigenvalue weighted by molar-refractivity contribution is 5.14. The second-order valence-electron chi connectivity index (χ2n) is 6.74. The zero-order chi connectivity index (χ0) is 15.1. The maximum Gasteiger partial charge on any atom is 0.0584 e. The fourth-order valence-electron chi connectivity index (χ4n) is 3.27. The van der Waals surface area contributed by atoms with E-state index < -0.39 is 0 Å². The Labute approximate surface area is 129 Å². The fourth-order valence-corrected chi connectivity index (χ4v) is 3.27. The molecule has 1 aromatic carbocycles. The number of aliphatic hydroxyl groups is 1. The summed E-state index contributed by atoms with van der Waals surface area (Å²) in [6.07, 6.45) is 3.51. The first-order valence-corrected chi connectivity index (χ1v) is 8.30. The minimum atomic E-state index is 0.242. The van der Waals surface area contributed by atoms with E-state index >= 15 is 0 Å². The number of piperidine rings is 1. The molecule has 118 valence electrons. The van der Waals surface area contributed by atoms with E-state index in [4.69, 9.17) is 0 Å². The van der Waals surface area contributed by atoms with Gasteiger partial charge in [-0.3, -0.25) is 4.90 Å². The molecular weight excluding hydrogens is 260 g/mol. The van der Waals surface area contributed by atoms with E-state index in [2.05, 4.69) is 54.4 Å². The van der Waals surface area contributed by atoms with Gasteiger partial charge in [0.25, 0.3) is 0 Å². The van der Waals surface area contributed by atoms with Gasteiger partial charge in [-0.15, -0.1) is 0 Å². The Hall–Kier alpha value is -0.900. The molecule has 2 unspecified atom stereocenters. The summed E-state index contributed by atoms with van der Waals surface area (Å²) in [5.74, 6) is 0.624. The molecule has 0 radical (unpaired) electrons. The fraction of sp³-hybridized carbons (Fsp3) is 0.667. The first kappa shape index (κ1) is 16.5. The lowest BCUT2D eigenvalue weighted by atomic mass is 10.00. The Morgan fingerprint density at radius 2 is 2.05 bits per heavy atom. The van der Waals surface area contributed by atoms with Crippen LogP contribution in [0.15, 0.2) is 30.3 Å². The first-order chi connectivity index (χ1) is 10.2. The maximum atomic E-state index is 9.53. The van der Waals surface area contributed by atoms with Crippen LogP contribution in [-0.4, -0.2) is 41.8 Å². The summed E-state index contributed by atoms with van der Waals surface area (Å²) in [7, 11) is 0. The minimum Gasteiger partial charge on any atom is -0.395 e. The third-order valence-electron chi connectivity index (χ3n) is 4.20. The van der Waals surface area contributed by atoms with Crippen molar-refractivity contribution in [3.05, 3.63) is 35.9 Å². The molecule has 1 fully saturated rings. The van der Waals surface area contributed by atoms with Crippen molar-refractivity contribution in [1.29, 1.82) is 0 Å². The summed E-state index contributed by atoms with van der Waals surface area (Å²) in [6.45, 7) is 7.98. The van der Waals surface area contributed by atoms with Crippen molar-refractivity contribution in [2.24, 2.45) is 5.92 Å². The monoisotopic (exact) mass is 290 g/mol. The van der Waals surface area contributed by atoms with E-state index in [1.807, 2.05) is 0 Å². The molecule has 2 rings (SSSR count). The molecule has 3 heteroatoms. The second-order valence-corrected chi connectivity index (χ2v) is 6.74. The maximum absolute atomic E-state index is 9.53. The largest absolute Gasteiger partial charge is 0.395 e. The molecule has 2 N–H and O–H groups in total. The molecule has 0 aliphatic carbocycles. The van der Waals surface area contributed by atoms with Crippen LogP contribution in [0.5, 0.6) is 0 Å². The first-order valence-electron chi connectivity index (χ1n) is 8.30. The molecule has 3 nitrogen and oxygen atoms in total. The van der Waals surface area contributed by atoms with E-state index in [0.717, 1.165) is 19.5 Å². The van der Waals surface area contributed by atoms with Crippen LogP contribution in [0.4, 0.5) is 0 Å².